The van der Waals surface area contributed by atoms with Crippen LogP contribution in [0.5, 0.6) is 0 Å². The maximum atomic E-state index is 12.2. The highest BCUT2D eigenvalue weighted by Crippen LogP contribution is 2.29. The van der Waals surface area contributed by atoms with Crippen LogP contribution >= 0.6 is 0 Å². The fraction of sp³-hybridized carbons (Fsp3) is 1.00. The van der Waals surface area contributed by atoms with Crippen LogP contribution in [0.2, 0.25) is 0 Å². The summed E-state index contributed by atoms with van der Waals surface area (Å²) in [7, 11) is 0. The first kappa shape index (κ1) is 10.7. The van der Waals surface area contributed by atoms with E-state index in [0.29, 0.717) is 0 Å². The van der Waals surface area contributed by atoms with E-state index in [0.717, 1.165) is 0 Å². The first-order valence-corrected chi connectivity index (χ1v) is 3.20. The lowest BCUT2D eigenvalue weighted by Gasteiger charge is -2.16. The highest BCUT2D eigenvalue weighted by molar-refractivity contribution is 4.73. The van der Waals surface area contributed by atoms with Gasteiger partial charge in [0.15, 0.2) is 0 Å². The third kappa shape index (κ3) is 3.53. The van der Waals surface area contributed by atoms with Crippen molar-refractivity contribution in [3.63, 3.8) is 0 Å². The summed E-state index contributed by atoms with van der Waals surface area (Å²) in [6, 6.07) is 0. The molecule has 5 heteroatoms. The van der Waals surface area contributed by atoms with Crippen LogP contribution in [0.1, 0.15) is 19.8 Å². The number of rotatable bonds is 4. The van der Waals surface area contributed by atoms with Crippen molar-refractivity contribution in [2.24, 2.45) is 0 Å². The van der Waals surface area contributed by atoms with Gasteiger partial charge in [-0.15, -0.1) is 0 Å². The second-order valence-electron chi connectivity index (χ2n) is 2.27. The number of hydrogen-bond acceptors (Lipinski definition) is 0. The van der Waals surface area contributed by atoms with Gasteiger partial charge in [0, 0.05) is 6.42 Å². The van der Waals surface area contributed by atoms with Crippen molar-refractivity contribution >= 4 is 0 Å². The van der Waals surface area contributed by atoms with Crippen molar-refractivity contribution in [3.8, 4) is 0 Å². The Balaban J connectivity index is 3.90. The van der Waals surface area contributed by atoms with Crippen molar-refractivity contribution in [2.45, 2.75) is 38.3 Å². The molecule has 0 aromatic heterocycles. The lowest BCUT2D eigenvalue weighted by Crippen LogP contribution is -2.29. The second-order valence-corrected chi connectivity index (χ2v) is 2.27. The molecular formula is C6H9F5. The standard InChI is InChI=1S/C6H9F5/c1-2-4(7)3-6(10,11)5(8)9/h4-5H,2-3H2,1H3/t4-/m0/s1. The lowest BCUT2D eigenvalue weighted by molar-refractivity contribution is -0.142. The van der Waals surface area contributed by atoms with Gasteiger partial charge in [-0.1, -0.05) is 6.92 Å². The van der Waals surface area contributed by atoms with E-state index >= 15 is 0 Å². The topological polar surface area (TPSA) is 0 Å². The molecule has 0 aromatic rings. The lowest BCUT2D eigenvalue weighted by atomic mass is 10.1. The largest absolute Gasteiger partial charge is 0.310 e. The van der Waals surface area contributed by atoms with E-state index in [2.05, 4.69) is 0 Å². The molecule has 0 aliphatic rings. The predicted octanol–water partition coefficient (Wildman–Crippen LogP) is 3.03. The average Bonchev–Trinajstić information content (AvgIpc) is 1.86. The summed E-state index contributed by atoms with van der Waals surface area (Å²) in [5, 5.41) is 0. The highest BCUT2D eigenvalue weighted by Gasteiger charge is 2.42. The van der Waals surface area contributed by atoms with Crippen molar-refractivity contribution in [1.29, 1.82) is 0 Å². The molecule has 0 N–H and O–H groups in total. The van der Waals surface area contributed by atoms with Crippen molar-refractivity contribution < 1.29 is 22.0 Å². The monoisotopic (exact) mass is 176 g/mol. The Hall–Kier alpha value is -0.350. The Morgan fingerprint density at radius 1 is 1.18 bits per heavy atom. The molecule has 0 radical (unpaired) electrons. The van der Waals surface area contributed by atoms with Crippen molar-refractivity contribution in [1.82, 2.24) is 0 Å². The predicted molar refractivity (Wildman–Crippen MR) is 30.8 cm³/mol. The van der Waals surface area contributed by atoms with Crippen molar-refractivity contribution in [3.05, 3.63) is 0 Å². The third-order valence-corrected chi connectivity index (χ3v) is 1.26. The van der Waals surface area contributed by atoms with E-state index in [1.54, 1.807) is 0 Å². The molecule has 11 heavy (non-hydrogen) atoms. The second kappa shape index (κ2) is 3.88. The van der Waals surface area contributed by atoms with Gasteiger partial charge in [0.25, 0.3) is 0 Å². The van der Waals surface area contributed by atoms with Crippen LogP contribution < -0.4 is 0 Å². The van der Waals surface area contributed by atoms with Crippen LogP contribution in [0.3, 0.4) is 0 Å². The number of hydrogen-bond donors (Lipinski definition) is 0. The molecule has 0 saturated carbocycles. The smallest absolute Gasteiger partial charge is 0.247 e. The van der Waals surface area contributed by atoms with Crippen LogP contribution in [-0.2, 0) is 0 Å². The van der Waals surface area contributed by atoms with Gasteiger partial charge >= 0.3 is 12.3 Å². The molecule has 0 nitrogen and oxygen atoms in total. The average molecular weight is 176 g/mol. The molecule has 68 valence electrons. The summed E-state index contributed by atoms with van der Waals surface area (Å²) < 4.78 is 58.9. The zero-order valence-electron chi connectivity index (χ0n) is 5.96. The number of halogens is 5. The van der Waals surface area contributed by atoms with Crippen LogP contribution in [0, 0.1) is 0 Å². The van der Waals surface area contributed by atoms with Gasteiger partial charge in [-0.3, -0.25) is 0 Å². The van der Waals surface area contributed by atoms with Gasteiger partial charge in [0.1, 0.15) is 6.17 Å². The Kier molecular flexibility index (Phi) is 3.75. The summed E-state index contributed by atoms with van der Waals surface area (Å²) in [6.07, 6.45) is -7.17. The fourth-order valence-corrected chi connectivity index (χ4v) is 0.529. The molecule has 0 unspecified atom stereocenters. The molecule has 0 aliphatic heterocycles. The van der Waals surface area contributed by atoms with Crippen LogP contribution in [0.25, 0.3) is 0 Å². The van der Waals surface area contributed by atoms with Crippen LogP contribution in [0.15, 0.2) is 0 Å². The Morgan fingerprint density at radius 2 is 1.64 bits per heavy atom. The molecule has 0 saturated heterocycles. The Bertz CT molecular complexity index is 112. The molecule has 0 aliphatic carbocycles. The minimum atomic E-state index is -4.19. The van der Waals surface area contributed by atoms with Crippen LogP contribution in [0.4, 0.5) is 22.0 Å². The summed E-state index contributed by atoms with van der Waals surface area (Å²) in [6.45, 7) is 1.33. The van der Waals surface area contributed by atoms with Crippen LogP contribution in [-0.4, -0.2) is 18.5 Å². The minimum Gasteiger partial charge on any atom is -0.247 e. The van der Waals surface area contributed by atoms with E-state index in [4.69, 9.17) is 0 Å². The summed E-state index contributed by atoms with van der Waals surface area (Å²) in [5.41, 5.74) is 0. The fourth-order valence-electron chi connectivity index (χ4n) is 0.529. The number of alkyl halides is 5. The first-order chi connectivity index (χ1) is 4.90. The van der Waals surface area contributed by atoms with Gasteiger partial charge in [-0.05, 0) is 6.42 Å². The van der Waals surface area contributed by atoms with Gasteiger partial charge in [0.05, 0.1) is 0 Å². The maximum absolute atomic E-state index is 12.2. The van der Waals surface area contributed by atoms with E-state index in [9.17, 15) is 22.0 Å². The maximum Gasteiger partial charge on any atom is 0.310 e. The van der Waals surface area contributed by atoms with Gasteiger partial charge in [-0.25, -0.2) is 22.0 Å². The summed E-state index contributed by atoms with van der Waals surface area (Å²) in [5.74, 6) is -4.19. The van der Waals surface area contributed by atoms with Gasteiger partial charge in [-0.2, -0.15) is 0 Å². The SMILES string of the molecule is CC[C@H](F)CC(F)(F)C(F)F. The Labute approximate surface area is 61.4 Å². The summed E-state index contributed by atoms with van der Waals surface area (Å²) >= 11 is 0. The minimum absolute atomic E-state index is 0.164. The van der Waals surface area contributed by atoms with E-state index in [1.807, 2.05) is 0 Å². The van der Waals surface area contributed by atoms with Gasteiger partial charge < -0.3 is 0 Å². The highest BCUT2D eigenvalue weighted by atomic mass is 19.3. The van der Waals surface area contributed by atoms with Crippen molar-refractivity contribution in [2.75, 3.05) is 0 Å². The molecule has 0 bridgehead atoms. The molecular weight excluding hydrogens is 167 g/mol. The molecule has 0 amide bonds. The third-order valence-electron chi connectivity index (χ3n) is 1.26. The Morgan fingerprint density at radius 3 is 1.91 bits per heavy atom. The molecule has 0 fully saturated rings. The summed E-state index contributed by atoms with van der Waals surface area (Å²) in [4.78, 5) is 0. The van der Waals surface area contributed by atoms with Gasteiger partial charge in [0.2, 0.25) is 0 Å². The zero-order valence-corrected chi connectivity index (χ0v) is 5.96. The zero-order chi connectivity index (χ0) is 9.07. The quantitative estimate of drug-likeness (QED) is 0.577. The van der Waals surface area contributed by atoms with E-state index < -0.39 is 24.9 Å². The normalized spacial score (nSPS) is 15.5. The molecule has 0 spiro atoms. The first-order valence-electron chi connectivity index (χ1n) is 3.20. The molecule has 1 atom stereocenters. The molecule has 0 rings (SSSR count). The molecule has 0 heterocycles. The van der Waals surface area contributed by atoms with E-state index in [1.165, 1.54) is 6.92 Å². The molecule has 0 aromatic carbocycles. The van der Waals surface area contributed by atoms with E-state index in [-0.39, 0.29) is 6.42 Å².